The van der Waals surface area contributed by atoms with Gasteiger partial charge in [-0.15, -0.1) is 0 Å². The summed E-state index contributed by atoms with van der Waals surface area (Å²) < 4.78 is 17.4. The summed E-state index contributed by atoms with van der Waals surface area (Å²) in [6, 6.07) is 17.3. The standard InChI is InChI=1S/C18H16BrNO3/c1-21-10-11-22-13-4-2-5-14(12-13)23-17-7-3-6-16-15(17)8-9-18(19)20-16/h2-9,12H,10-11H2,1H3. The first-order valence-electron chi connectivity index (χ1n) is 7.21. The van der Waals surface area contributed by atoms with E-state index in [1.54, 1.807) is 7.11 Å². The van der Waals surface area contributed by atoms with Gasteiger partial charge in [-0.2, -0.15) is 0 Å². The van der Waals surface area contributed by atoms with Gasteiger partial charge in [0.2, 0.25) is 0 Å². The Hall–Kier alpha value is -2.11. The minimum atomic E-state index is 0.506. The number of methoxy groups -OCH3 is 1. The molecule has 0 N–H and O–H groups in total. The van der Waals surface area contributed by atoms with E-state index in [4.69, 9.17) is 14.2 Å². The fourth-order valence-electron chi connectivity index (χ4n) is 2.19. The lowest BCUT2D eigenvalue weighted by molar-refractivity contribution is 0.146. The van der Waals surface area contributed by atoms with Crippen molar-refractivity contribution in [2.45, 2.75) is 0 Å². The van der Waals surface area contributed by atoms with E-state index in [1.165, 1.54) is 0 Å². The second kappa shape index (κ2) is 7.44. The zero-order valence-corrected chi connectivity index (χ0v) is 14.2. The third-order valence-electron chi connectivity index (χ3n) is 3.25. The minimum absolute atomic E-state index is 0.506. The lowest BCUT2D eigenvalue weighted by Gasteiger charge is -2.11. The maximum absolute atomic E-state index is 6.01. The van der Waals surface area contributed by atoms with Crippen LogP contribution in [-0.4, -0.2) is 25.3 Å². The number of fused-ring (bicyclic) bond motifs is 1. The molecule has 2 aromatic carbocycles. The molecular weight excluding hydrogens is 358 g/mol. The summed E-state index contributed by atoms with van der Waals surface area (Å²) in [5, 5.41) is 0.960. The lowest BCUT2D eigenvalue weighted by Crippen LogP contribution is -2.04. The molecule has 0 bridgehead atoms. The fraction of sp³-hybridized carbons (Fsp3) is 0.167. The van der Waals surface area contributed by atoms with Crippen LogP contribution in [0.3, 0.4) is 0 Å². The highest BCUT2D eigenvalue weighted by atomic mass is 79.9. The van der Waals surface area contributed by atoms with Crippen molar-refractivity contribution in [3.63, 3.8) is 0 Å². The molecular formula is C18H16BrNO3. The Kier molecular flexibility index (Phi) is 5.10. The molecule has 0 fully saturated rings. The molecule has 0 saturated carbocycles. The maximum Gasteiger partial charge on any atom is 0.136 e. The van der Waals surface area contributed by atoms with Gasteiger partial charge in [-0.05, 0) is 52.3 Å². The summed E-state index contributed by atoms with van der Waals surface area (Å²) in [6.07, 6.45) is 0. The number of hydrogen-bond donors (Lipinski definition) is 0. The highest BCUT2D eigenvalue weighted by Crippen LogP contribution is 2.31. The zero-order valence-electron chi connectivity index (χ0n) is 12.7. The van der Waals surface area contributed by atoms with Gasteiger partial charge in [0.25, 0.3) is 0 Å². The molecule has 0 unspecified atom stereocenters. The number of halogens is 1. The summed E-state index contributed by atoms with van der Waals surface area (Å²) in [4.78, 5) is 4.44. The van der Waals surface area contributed by atoms with Crippen molar-refractivity contribution in [3.8, 4) is 17.2 Å². The summed E-state index contributed by atoms with van der Waals surface area (Å²) in [6.45, 7) is 1.06. The van der Waals surface area contributed by atoms with Crippen molar-refractivity contribution < 1.29 is 14.2 Å². The summed E-state index contributed by atoms with van der Waals surface area (Å²) in [7, 11) is 1.65. The van der Waals surface area contributed by atoms with Gasteiger partial charge in [-0.25, -0.2) is 4.98 Å². The van der Waals surface area contributed by atoms with Gasteiger partial charge >= 0.3 is 0 Å². The first-order valence-corrected chi connectivity index (χ1v) is 8.00. The molecule has 118 valence electrons. The number of ether oxygens (including phenoxy) is 3. The second-order valence-corrected chi connectivity index (χ2v) is 5.69. The van der Waals surface area contributed by atoms with Crippen LogP contribution in [0.2, 0.25) is 0 Å². The van der Waals surface area contributed by atoms with Crippen LogP contribution in [0.5, 0.6) is 17.2 Å². The highest BCUT2D eigenvalue weighted by Gasteiger charge is 2.06. The van der Waals surface area contributed by atoms with Crippen molar-refractivity contribution in [3.05, 3.63) is 59.2 Å². The van der Waals surface area contributed by atoms with E-state index in [9.17, 15) is 0 Å². The van der Waals surface area contributed by atoms with Gasteiger partial charge in [-0.3, -0.25) is 0 Å². The van der Waals surface area contributed by atoms with E-state index in [0.29, 0.717) is 13.2 Å². The molecule has 0 saturated heterocycles. The fourth-order valence-corrected chi connectivity index (χ4v) is 2.51. The third kappa shape index (κ3) is 4.00. The Bertz CT molecular complexity index is 807. The van der Waals surface area contributed by atoms with E-state index in [0.717, 1.165) is 32.8 Å². The molecule has 0 spiro atoms. The number of aromatic nitrogens is 1. The average molecular weight is 374 g/mol. The number of pyridine rings is 1. The summed E-state index contributed by atoms with van der Waals surface area (Å²) in [5.41, 5.74) is 0.879. The largest absolute Gasteiger partial charge is 0.491 e. The van der Waals surface area contributed by atoms with E-state index < -0.39 is 0 Å². The van der Waals surface area contributed by atoms with Crippen molar-refractivity contribution in [2.24, 2.45) is 0 Å². The van der Waals surface area contributed by atoms with Gasteiger partial charge in [0.05, 0.1) is 12.1 Å². The maximum atomic E-state index is 6.01. The van der Waals surface area contributed by atoms with E-state index >= 15 is 0 Å². The monoisotopic (exact) mass is 373 g/mol. The molecule has 0 aliphatic heterocycles. The van der Waals surface area contributed by atoms with Crippen LogP contribution in [0.15, 0.2) is 59.2 Å². The molecule has 4 nitrogen and oxygen atoms in total. The lowest BCUT2D eigenvalue weighted by atomic mass is 10.2. The molecule has 0 aliphatic carbocycles. The predicted molar refractivity (Wildman–Crippen MR) is 93.3 cm³/mol. The Morgan fingerprint density at radius 3 is 2.65 bits per heavy atom. The van der Waals surface area contributed by atoms with Crippen molar-refractivity contribution in [1.82, 2.24) is 4.98 Å². The summed E-state index contributed by atoms with van der Waals surface area (Å²) in [5.74, 6) is 2.23. The van der Waals surface area contributed by atoms with Gasteiger partial charge in [0.1, 0.15) is 28.5 Å². The molecule has 0 aliphatic rings. The zero-order chi connectivity index (χ0) is 16.1. The van der Waals surface area contributed by atoms with E-state index in [-0.39, 0.29) is 0 Å². The SMILES string of the molecule is COCCOc1cccc(Oc2cccc3nc(Br)ccc23)c1. The molecule has 0 radical (unpaired) electrons. The van der Waals surface area contributed by atoms with Gasteiger partial charge in [-0.1, -0.05) is 12.1 Å². The molecule has 1 aromatic heterocycles. The average Bonchev–Trinajstić information content (AvgIpc) is 2.55. The Labute approximate surface area is 143 Å². The van der Waals surface area contributed by atoms with Crippen LogP contribution in [0.25, 0.3) is 10.9 Å². The molecule has 1 heterocycles. The Balaban J connectivity index is 1.83. The summed E-state index contributed by atoms with van der Waals surface area (Å²) >= 11 is 3.38. The highest BCUT2D eigenvalue weighted by molar-refractivity contribution is 9.10. The first-order chi connectivity index (χ1) is 11.3. The van der Waals surface area contributed by atoms with E-state index in [1.807, 2.05) is 54.6 Å². The third-order valence-corrected chi connectivity index (χ3v) is 3.69. The van der Waals surface area contributed by atoms with Gasteiger partial charge in [0.15, 0.2) is 0 Å². The molecule has 0 atom stereocenters. The Morgan fingerprint density at radius 1 is 0.957 bits per heavy atom. The van der Waals surface area contributed by atoms with Crippen molar-refractivity contribution >= 4 is 26.8 Å². The molecule has 3 aromatic rings. The van der Waals surface area contributed by atoms with E-state index in [2.05, 4.69) is 20.9 Å². The van der Waals surface area contributed by atoms with Crippen LogP contribution < -0.4 is 9.47 Å². The first kappa shape index (κ1) is 15.8. The molecule has 23 heavy (non-hydrogen) atoms. The molecule has 0 amide bonds. The smallest absolute Gasteiger partial charge is 0.136 e. The van der Waals surface area contributed by atoms with Gasteiger partial charge in [0, 0.05) is 18.6 Å². The van der Waals surface area contributed by atoms with Crippen LogP contribution in [0.4, 0.5) is 0 Å². The quantitative estimate of drug-likeness (QED) is 0.458. The number of nitrogens with zero attached hydrogens (tertiary/aromatic N) is 1. The number of benzene rings is 2. The molecule has 5 heteroatoms. The van der Waals surface area contributed by atoms with Crippen molar-refractivity contribution in [2.75, 3.05) is 20.3 Å². The van der Waals surface area contributed by atoms with Crippen LogP contribution >= 0.6 is 15.9 Å². The topological polar surface area (TPSA) is 40.6 Å². The number of rotatable bonds is 6. The second-order valence-electron chi connectivity index (χ2n) is 4.87. The normalized spacial score (nSPS) is 10.7. The predicted octanol–water partition coefficient (Wildman–Crippen LogP) is 4.81. The van der Waals surface area contributed by atoms with Gasteiger partial charge < -0.3 is 14.2 Å². The Morgan fingerprint density at radius 2 is 1.78 bits per heavy atom. The minimum Gasteiger partial charge on any atom is -0.491 e. The van der Waals surface area contributed by atoms with Crippen LogP contribution in [0.1, 0.15) is 0 Å². The van der Waals surface area contributed by atoms with Crippen LogP contribution in [0, 0.1) is 0 Å². The number of hydrogen-bond acceptors (Lipinski definition) is 4. The van der Waals surface area contributed by atoms with Crippen molar-refractivity contribution in [1.29, 1.82) is 0 Å². The molecule has 3 rings (SSSR count). The van der Waals surface area contributed by atoms with Crippen LogP contribution in [-0.2, 0) is 4.74 Å².